The zero-order valence-corrected chi connectivity index (χ0v) is 11.9. The summed E-state index contributed by atoms with van der Waals surface area (Å²) in [4.78, 5) is 11.5. The summed E-state index contributed by atoms with van der Waals surface area (Å²) in [7, 11) is 0. The molecule has 3 heterocycles. The molecule has 0 N–H and O–H groups in total. The number of anilines is 1. The Kier molecular flexibility index (Phi) is 3.69. The van der Waals surface area contributed by atoms with Crippen LogP contribution in [0.3, 0.4) is 0 Å². The van der Waals surface area contributed by atoms with E-state index in [1.54, 1.807) is 0 Å². The van der Waals surface area contributed by atoms with Gasteiger partial charge in [0.25, 0.3) is 0 Å². The number of piperidine rings is 1. The number of ether oxygens (including phenoxy) is 1. The highest BCUT2D eigenvalue weighted by Gasteiger charge is 2.30. The quantitative estimate of drug-likeness (QED) is 0.820. The number of aryl methyl sites for hydroxylation is 2. The van der Waals surface area contributed by atoms with Crippen molar-refractivity contribution in [2.24, 2.45) is 5.92 Å². The van der Waals surface area contributed by atoms with Gasteiger partial charge in [0, 0.05) is 31.1 Å². The van der Waals surface area contributed by atoms with Crippen molar-refractivity contribution in [2.75, 3.05) is 24.6 Å². The highest BCUT2D eigenvalue weighted by atomic mass is 16.5. The molecule has 0 aliphatic carbocycles. The molecule has 1 aromatic rings. The molecule has 1 aromatic heterocycles. The second kappa shape index (κ2) is 5.45. The molecule has 2 fully saturated rings. The normalized spacial score (nSPS) is 24.9. The van der Waals surface area contributed by atoms with Gasteiger partial charge in [0.2, 0.25) is 5.95 Å². The first-order valence-electron chi connectivity index (χ1n) is 7.41. The van der Waals surface area contributed by atoms with Gasteiger partial charge in [-0.3, -0.25) is 0 Å². The van der Waals surface area contributed by atoms with E-state index >= 15 is 0 Å². The van der Waals surface area contributed by atoms with Gasteiger partial charge in [0.15, 0.2) is 0 Å². The molecule has 0 spiro atoms. The molecular formula is C15H23N3O. The van der Waals surface area contributed by atoms with E-state index in [0.717, 1.165) is 43.0 Å². The Morgan fingerprint density at radius 3 is 2.37 bits per heavy atom. The minimum Gasteiger partial charge on any atom is -0.378 e. The lowest BCUT2D eigenvalue weighted by Gasteiger charge is -2.34. The maximum Gasteiger partial charge on any atom is 0.225 e. The van der Waals surface area contributed by atoms with Crippen LogP contribution >= 0.6 is 0 Å². The summed E-state index contributed by atoms with van der Waals surface area (Å²) in [6.45, 7) is 7.17. The first-order chi connectivity index (χ1) is 9.22. The molecule has 0 bridgehead atoms. The van der Waals surface area contributed by atoms with Crippen LogP contribution in [0.1, 0.15) is 37.1 Å². The number of aromatic nitrogens is 2. The van der Waals surface area contributed by atoms with Crippen LogP contribution in [0.25, 0.3) is 0 Å². The van der Waals surface area contributed by atoms with Crippen molar-refractivity contribution < 1.29 is 4.74 Å². The first-order valence-corrected chi connectivity index (χ1v) is 7.41. The minimum atomic E-state index is 0.516. The van der Waals surface area contributed by atoms with Crippen LogP contribution < -0.4 is 4.90 Å². The molecule has 0 saturated carbocycles. The van der Waals surface area contributed by atoms with Crippen LogP contribution in [-0.2, 0) is 4.74 Å². The van der Waals surface area contributed by atoms with E-state index < -0.39 is 0 Å². The molecule has 0 amide bonds. The van der Waals surface area contributed by atoms with Crippen LogP contribution in [-0.4, -0.2) is 35.8 Å². The van der Waals surface area contributed by atoms with Crippen molar-refractivity contribution in [3.63, 3.8) is 0 Å². The summed E-state index contributed by atoms with van der Waals surface area (Å²) in [6.07, 6.45) is 5.43. The molecular weight excluding hydrogens is 238 g/mol. The Morgan fingerprint density at radius 2 is 1.79 bits per heavy atom. The van der Waals surface area contributed by atoms with Gasteiger partial charge in [-0.15, -0.1) is 0 Å². The van der Waals surface area contributed by atoms with E-state index in [9.17, 15) is 0 Å². The van der Waals surface area contributed by atoms with Crippen LogP contribution in [0.15, 0.2) is 6.07 Å². The largest absolute Gasteiger partial charge is 0.378 e. The smallest absolute Gasteiger partial charge is 0.225 e. The van der Waals surface area contributed by atoms with Gasteiger partial charge >= 0.3 is 0 Å². The Morgan fingerprint density at radius 1 is 1.11 bits per heavy atom. The van der Waals surface area contributed by atoms with Gasteiger partial charge in [-0.1, -0.05) is 0 Å². The predicted octanol–water partition coefficient (Wildman–Crippen LogP) is 2.49. The van der Waals surface area contributed by atoms with Crippen molar-refractivity contribution in [1.29, 1.82) is 0 Å². The zero-order chi connectivity index (χ0) is 13.2. The molecule has 4 heteroatoms. The van der Waals surface area contributed by atoms with Gasteiger partial charge in [-0.2, -0.15) is 0 Å². The number of hydrogen-bond acceptors (Lipinski definition) is 4. The summed E-state index contributed by atoms with van der Waals surface area (Å²) in [5.74, 6) is 1.65. The Bertz CT molecular complexity index is 415. The van der Waals surface area contributed by atoms with Crippen molar-refractivity contribution >= 4 is 5.95 Å². The highest BCUT2D eigenvalue weighted by molar-refractivity contribution is 5.32. The van der Waals surface area contributed by atoms with Crippen LogP contribution in [0.5, 0.6) is 0 Å². The molecule has 104 valence electrons. The maximum atomic E-state index is 5.82. The lowest BCUT2D eigenvalue weighted by Crippen LogP contribution is -2.38. The predicted molar refractivity (Wildman–Crippen MR) is 75.4 cm³/mol. The Labute approximate surface area is 115 Å². The van der Waals surface area contributed by atoms with Crippen LogP contribution in [0.4, 0.5) is 5.95 Å². The maximum absolute atomic E-state index is 5.82. The van der Waals surface area contributed by atoms with E-state index in [-0.39, 0.29) is 0 Å². The fraction of sp³-hybridized carbons (Fsp3) is 0.733. The summed E-state index contributed by atoms with van der Waals surface area (Å²) < 4.78 is 5.82. The molecule has 2 aliphatic heterocycles. The monoisotopic (exact) mass is 261 g/mol. The van der Waals surface area contributed by atoms with E-state index in [0.29, 0.717) is 6.10 Å². The van der Waals surface area contributed by atoms with Crippen LogP contribution in [0, 0.1) is 19.8 Å². The summed E-state index contributed by atoms with van der Waals surface area (Å²) >= 11 is 0. The number of nitrogens with zero attached hydrogens (tertiary/aromatic N) is 3. The van der Waals surface area contributed by atoms with E-state index in [1.165, 1.54) is 25.7 Å². The first kappa shape index (κ1) is 12.9. The Hall–Kier alpha value is -1.16. The molecule has 0 aromatic carbocycles. The van der Waals surface area contributed by atoms with Crippen molar-refractivity contribution in [3.8, 4) is 0 Å². The van der Waals surface area contributed by atoms with Crippen molar-refractivity contribution in [3.05, 3.63) is 17.5 Å². The van der Waals surface area contributed by atoms with Crippen molar-refractivity contribution in [1.82, 2.24) is 9.97 Å². The third-order valence-electron chi connectivity index (χ3n) is 4.28. The lowest BCUT2D eigenvalue weighted by molar-refractivity contribution is 0.0530. The average Bonchev–Trinajstić information content (AvgIpc) is 2.91. The second-order valence-electron chi connectivity index (χ2n) is 5.83. The van der Waals surface area contributed by atoms with Crippen LogP contribution in [0.2, 0.25) is 0 Å². The van der Waals surface area contributed by atoms with Crippen molar-refractivity contribution in [2.45, 2.75) is 45.6 Å². The van der Waals surface area contributed by atoms with Gasteiger partial charge < -0.3 is 9.64 Å². The van der Waals surface area contributed by atoms with E-state index in [1.807, 2.05) is 19.9 Å². The molecule has 19 heavy (non-hydrogen) atoms. The fourth-order valence-corrected chi connectivity index (χ4v) is 3.29. The molecule has 1 unspecified atom stereocenters. The average molecular weight is 261 g/mol. The fourth-order valence-electron chi connectivity index (χ4n) is 3.29. The molecule has 2 aliphatic rings. The molecule has 3 rings (SSSR count). The molecule has 0 radical (unpaired) electrons. The van der Waals surface area contributed by atoms with E-state index in [2.05, 4.69) is 14.9 Å². The lowest BCUT2D eigenvalue weighted by atomic mass is 9.90. The van der Waals surface area contributed by atoms with Gasteiger partial charge in [-0.05, 0) is 51.5 Å². The summed E-state index contributed by atoms with van der Waals surface area (Å²) in [5, 5.41) is 0. The second-order valence-corrected chi connectivity index (χ2v) is 5.83. The number of hydrogen-bond donors (Lipinski definition) is 0. The zero-order valence-electron chi connectivity index (χ0n) is 11.9. The minimum absolute atomic E-state index is 0.516. The highest BCUT2D eigenvalue weighted by Crippen LogP contribution is 2.29. The summed E-state index contributed by atoms with van der Waals surface area (Å²) in [5.41, 5.74) is 2.12. The topological polar surface area (TPSA) is 38.2 Å². The third kappa shape index (κ3) is 2.89. The van der Waals surface area contributed by atoms with Gasteiger partial charge in [-0.25, -0.2) is 9.97 Å². The van der Waals surface area contributed by atoms with E-state index in [4.69, 9.17) is 4.74 Å². The van der Waals surface area contributed by atoms with Gasteiger partial charge in [0.1, 0.15) is 0 Å². The van der Waals surface area contributed by atoms with Gasteiger partial charge in [0.05, 0.1) is 6.10 Å². The summed E-state index contributed by atoms with van der Waals surface area (Å²) in [6, 6.07) is 2.03. The number of rotatable bonds is 2. The SMILES string of the molecule is Cc1cc(C)nc(N2CCC(C3CCCO3)CC2)n1. The Balaban J connectivity index is 1.63. The molecule has 4 nitrogen and oxygen atoms in total. The molecule has 1 atom stereocenters. The standard InChI is InChI=1S/C15H23N3O/c1-11-10-12(2)17-15(16-11)18-7-5-13(6-8-18)14-4-3-9-19-14/h10,13-14H,3-9H2,1-2H3. The molecule has 2 saturated heterocycles. The third-order valence-corrected chi connectivity index (χ3v) is 4.28.